The molecule has 0 fully saturated rings. The third kappa shape index (κ3) is 5.99. The molecule has 0 atom stereocenters. The summed E-state index contributed by atoms with van der Waals surface area (Å²) in [5, 5.41) is 0. The zero-order chi connectivity index (χ0) is 18.3. The van der Waals surface area contributed by atoms with Crippen molar-refractivity contribution in [1.29, 1.82) is 0 Å². The van der Waals surface area contributed by atoms with E-state index in [0.29, 0.717) is 6.29 Å². The molecular formula is C15H43N3Si4. The van der Waals surface area contributed by atoms with Crippen molar-refractivity contribution >= 4 is 32.9 Å². The van der Waals surface area contributed by atoms with Gasteiger partial charge < -0.3 is 13.4 Å². The van der Waals surface area contributed by atoms with Crippen LogP contribution in [0.3, 0.4) is 0 Å². The fourth-order valence-electron chi connectivity index (χ4n) is 3.00. The Morgan fingerprint density at radius 1 is 0.455 bits per heavy atom. The van der Waals surface area contributed by atoms with Crippen molar-refractivity contribution in [2.24, 2.45) is 0 Å². The molecule has 0 saturated heterocycles. The third-order valence-electron chi connectivity index (χ3n) is 4.49. The van der Waals surface area contributed by atoms with E-state index < -0.39 is 32.9 Å². The highest BCUT2D eigenvalue weighted by molar-refractivity contribution is 6.90. The Kier molecular flexibility index (Phi) is 7.17. The molecule has 0 rings (SSSR count). The molecule has 0 saturated carbocycles. The molecule has 134 valence electrons. The normalized spacial score (nSPS) is 15.5. The summed E-state index contributed by atoms with van der Waals surface area (Å²) in [6.45, 7) is 30.0. The third-order valence-corrected chi connectivity index (χ3v) is 16.6. The van der Waals surface area contributed by atoms with Crippen molar-refractivity contribution in [3.8, 4) is 0 Å². The van der Waals surface area contributed by atoms with E-state index in [9.17, 15) is 0 Å². The minimum atomic E-state index is -1.41. The second-order valence-corrected chi connectivity index (χ2v) is 30.8. The fourth-order valence-corrected chi connectivity index (χ4v) is 15.7. The minimum absolute atomic E-state index is 0.469. The lowest BCUT2D eigenvalue weighted by molar-refractivity contribution is 0.130. The van der Waals surface area contributed by atoms with Crippen molar-refractivity contribution in [3.63, 3.8) is 0 Å². The Morgan fingerprint density at radius 2 is 0.682 bits per heavy atom. The molecule has 22 heavy (non-hydrogen) atoms. The van der Waals surface area contributed by atoms with Gasteiger partial charge in [-0.3, -0.25) is 0 Å². The smallest absolute Gasteiger partial charge is 0.122 e. The molecule has 0 amide bonds. The Bertz CT molecular complexity index is 327. The van der Waals surface area contributed by atoms with Gasteiger partial charge in [-0.15, -0.1) is 0 Å². The van der Waals surface area contributed by atoms with E-state index in [1.165, 1.54) is 0 Å². The van der Waals surface area contributed by atoms with Crippen LogP contribution in [0.5, 0.6) is 0 Å². The lowest BCUT2D eigenvalue weighted by Gasteiger charge is -2.58. The Morgan fingerprint density at radius 3 is 0.818 bits per heavy atom. The quantitative estimate of drug-likeness (QED) is 0.467. The summed E-state index contributed by atoms with van der Waals surface area (Å²) in [4.78, 5) is 0. The summed E-state index contributed by atoms with van der Waals surface area (Å²) >= 11 is 0. The maximum atomic E-state index is 2.98. The minimum Gasteiger partial charge on any atom is -0.320 e. The van der Waals surface area contributed by atoms with Crippen molar-refractivity contribution in [1.82, 2.24) is 13.4 Å². The molecule has 0 aromatic heterocycles. The molecule has 0 aliphatic rings. The number of hydrogen-bond donors (Lipinski definition) is 0. The average molecular weight is 378 g/mol. The highest BCUT2D eigenvalue weighted by atomic mass is 28.4. The summed E-state index contributed by atoms with van der Waals surface area (Å²) in [5.74, 6) is 0. The van der Waals surface area contributed by atoms with Crippen LogP contribution in [-0.2, 0) is 0 Å². The largest absolute Gasteiger partial charge is 0.320 e. The second kappa shape index (κ2) is 6.93. The van der Waals surface area contributed by atoms with Gasteiger partial charge in [-0.2, -0.15) is 0 Å². The first kappa shape index (κ1) is 22.7. The molecule has 0 bridgehead atoms. The van der Waals surface area contributed by atoms with Crippen LogP contribution in [0.15, 0.2) is 0 Å². The van der Waals surface area contributed by atoms with Gasteiger partial charge in [-0.1, -0.05) is 78.6 Å². The first-order chi connectivity index (χ1) is 9.31. The molecule has 0 radical (unpaired) electrons. The van der Waals surface area contributed by atoms with Crippen LogP contribution in [0, 0.1) is 0 Å². The van der Waals surface area contributed by atoms with Gasteiger partial charge in [-0.05, 0) is 14.1 Å². The predicted molar refractivity (Wildman–Crippen MR) is 115 cm³/mol. The van der Waals surface area contributed by atoms with Gasteiger partial charge in [0.15, 0.2) is 0 Å². The van der Waals surface area contributed by atoms with Gasteiger partial charge in [0, 0.05) is 0 Å². The molecule has 7 heteroatoms. The molecule has 0 unspecified atom stereocenters. The fraction of sp³-hybridized carbons (Fsp3) is 1.00. The number of hydrogen-bond acceptors (Lipinski definition) is 3. The van der Waals surface area contributed by atoms with Crippen molar-refractivity contribution in [2.45, 2.75) is 84.9 Å². The van der Waals surface area contributed by atoms with Gasteiger partial charge in [0.1, 0.15) is 32.9 Å². The van der Waals surface area contributed by atoms with Crippen LogP contribution in [0.25, 0.3) is 0 Å². The molecule has 0 aliphatic carbocycles. The van der Waals surface area contributed by atoms with Crippen molar-refractivity contribution < 1.29 is 0 Å². The van der Waals surface area contributed by atoms with Gasteiger partial charge in [-0.25, -0.2) is 0 Å². The first-order valence-electron chi connectivity index (χ1n) is 8.56. The van der Waals surface area contributed by atoms with Crippen LogP contribution in [0.2, 0.25) is 78.6 Å². The Hall–Kier alpha value is 0.748. The van der Waals surface area contributed by atoms with E-state index in [0.717, 1.165) is 0 Å². The maximum Gasteiger partial charge on any atom is 0.122 e. The summed E-state index contributed by atoms with van der Waals surface area (Å²) < 4.78 is 8.46. The molecule has 0 spiro atoms. The second-order valence-electron chi connectivity index (χ2n) is 10.6. The van der Waals surface area contributed by atoms with Crippen LogP contribution in [-0.4, -0.2) is 66.7 Å². The topological polar surface area (TPSA) is 9.72 Å². The zero-order valence-corrected chi connectivity index (χ0v) is 21.9. The van der Waals surface area contributed by atoms with Gasteiger partial charge in [0.2, 0.25) is 0 Å². The molecular weight excluding hydrogens is 335 g/mol. The number of nitrogens with zero attached hydrogens (tertiary/aromatic N) is 3. The van der Waals surface area contributed by atoms with Crippen molar-refractivity contribution in [3.05, 3.63) is 0 Å². The van der Waals surface area contributed by atoms with E-state index >= 15 is 0 Å². The first-order valence-corrected chi connectivity index (χ1v) is 22.4. The lowest BCUT2D eigenvalue weighted by atomic mass is 10.8. The number of rotatable bonds is 7. The molecule has 0 aromatic carbocycles. The van der Waals surface area contributed by atoms with E-state index in [1.807, 2.05) is 0 Å². The summed E-state index contributed by atoms with van der Waals surface area (Å²) in [7, 11) is -0.811. The Balaban J connectivity index is 6.15. The Labute approximate surface area is 145 Å². The average Bonchev–Trinajstić information content (AvgIpc) is 2.17. The predicted octanol–water partition coefficient (Wildman–Crippen LogP) is 4.78. The van der Waals surface area contributed by atoms with Crippen molar-refractivity contribution in [2.75, 3.05) is 14.1 Å². The van der Waals surface area contributed by atoms with E-state index in [-0.39, 0.29) is 0 Å². The summed E-state index contributed by atoms with van der Waals surface area (Å²) in [5.41, 5.74) is 0. The summed E-state index contributed by atoms with van der Waals surface area (Å²) in [6.07, 6.45) is 0.469. The highest BCUT2D eigenvalue weighted by Crippen LogP contribution is 2.30. The molecule has 0 aliphatic heterocycles. The molecule has 3 nitrogen and oxygen atoms in total. The lowest BCUT2D eigenvalue weighted by Crippen LogP contribution is -2.75. The van der Waals surface area contributed by atoms with Crippen LogP contribution < -0.4 is 0 Å². The van der Waals surface area contributed by atoms with Crippen LogP contribution in [0.1, 0.15) is 0 Å². The molecule has 0 aromatic rings. The maximum absolute atomic E-state index is 2.98. The molecule has 0 N–H and O–H groups in total. The SMILES string of the molecule is CN(C(N(C)[Si](C)(C)C)N([Si](C)(C)C)[Si](C)(C)C)[Si](C)(C)C. The summed E-state index contributed by atoms with van der Waals surface area (Å²) in [6, 6.07) is 0. The van der Waals surface area contributed by atoms with E-state index in [2.05, 4.69) is 106 Å². The monoisotopic (exact) mass is 377 g/mol. The highest BCUT2D eigenvalue weighted by Gasteiger charge is 2.46. The van der Waals surface area contributed by atoms with E-state index in [4.69, 9.17) is 0 Å². The van der Waals surface area contributed by atoms with Gasteiger partial charge in [0.05, 0.1) is 6.29 Å². The van der Waals surface area contributed by atoms with Crippen LogP contribution >= 0.6 is 0 Å². The van der Waals surface area contributed by atoms with Gasteiger partial charge in [0.25, 0.3) is 0 Å². The zero-order valence-electron chi connectivity index (χ0n) is 17.9. The molecule has 0 heterocycles. The van der Waals surface area contributed by atoms with Crippen LogP contribution in [0.4, 0.5) is 0 Å². The standard InChI is InChI=1S/C15H43N3Si4/c1-16(19(3,4)5)15(17(2)20(6,7)8)18(21(9,10)11)22(12,13)14/h15H,1-14H3. The van der Waals surface area contributed by atoms with E-state index in [1.54, 1.807) is 0 Å². The van der Waals surface area contributed by atoms with Gasteiger partial charge >= 0.3 is 0 Å².